The second kappa shape index (κ2) is 5.25. The van der Waals surface area contributed by atoms with Crippen molar-refractivity contribution >= 4 is 21.1 Å². The van der Waals surface area contributed by atoms with Crippen molar-refractivity contribution in [3.8, 4) is 5.69 Å². The lowest BCUT2D eigenvalue weighted by atomic mass is 10.1. The lowest BCUT2D eigenvalue weighted by molar-refractivity contribution is 0.597. The summed E-state index contributed by atoms with van der Waals surface area (Å²) in [6.45, 7) is 0. The Bertz CT molecular complexity index is 1130. The van der Waals surface area contributed by atoms with Gasteiger partial charge in [-0.3, -0.25) is 9.36 Å². The lowest BCUT2D eigenvalue weighted by Crippen LogP contribution is -2.18. The molecule has 1 aromatic carbocycles. The van der Waals surface area contributed by atoms with E-state index in [9.17, 15) is 13.2 Å². The van der Waals surface area contributed by atoms with Crippen molar-refractivity contribution in [2.75, 3.05) is 0 Å². The Morgan fingerprint density at radius 2 is 1.96 bits per heavy atom. The summed E-state index contributed by atoms with van der Waals surface area (Å²) >= 11 is 0. The van der Waals surface area contributed by atoms with Gasteiger partial charge in [0.1, 0.15) is 5.65 Å². The van der Waals surface area contributed by atoms with Crippen molar-refractivity contribution < 1.29 is 8.42 Å². The van der Waals surface area contributed by atoms with Crippen LogP contribution in [0.2, 0.25) is 0 Å². The summed E-state index contributed by atoms with van der Waals surface area (Å²) in [6.07, 6.45) is 4.02. The average molecular weight is 341 g/mol. The van der Waals surface area contributed by atoms with Gasteiger partial charge in [0.15, 0.2) is 5.43 Å². The summed E-state index contributed by atoms with van der Waals surface area (Å²) in [5.74, 6) is 0. The zero-order chi connectivity index (χ0) is 16.9. The summed E-state index contributed by atoms with van der Waals surface area (Å²) in [5.41, 5.74) is 2.89. The fraction of sp³-hybridized carbons (Fsp3) is 0.176. The third kappa shape index (κ3) is 2.24. The molecule has 1 aliphatic rings. The molecule has 0 amide bonds. The first kappa shape index (κ1) is 15.0. The third-order valence-corrected chi connectivity index (χ3v) is 5.29. The molecule has 2 aromatic heterocycles. The molecule has 2 N–H and O–H groups in total. The topological polar surface area (TPSA) is 95.0 Å². The first-order valence-electron chi connectivity index (χ1n) is 7.61. The number of pyridine rings is 2. The Kier molecular flexibility index (Phi) is 3.29. The van der Waals surface area contributed by atoms with Gasteiger partial charge in [0.25, 0.3) is 0 Å². The molecule has 0 saturated carbocycles. The van der Waals surface area contributed by atoms with E-state index in [2.05, 4.69) is 4.98 Å². The quantitative estimate of drug-likeness (QED) is 0.764. The number of primary sulfonamides is 1. The Balaban J connectivity index is 2.12. The van der Waals surface area contributed by atoms with E-state index < -0.39 is 10.0 Å². The molecule has 0 bridgehead atoms. The normalized spacial score (nSPS) is 14.0. The molecule has 2 heterocycles. The van der Waals surface area contributed by atoms with Crippen LogP contribution >= 0.6 is 0 Å². The smallest absolute Gasteiger partial charge is 0.238 e. The van der Waals surface area contributed by atoms with E-state index in [1.807, 2.05) is 4.57 Å². The van der Waals surface area contributed by atoms with Crippen LogP contribution in [-0.4, -0.2) is 18.0 Å². The van der Waals surface area contributed by atoms with Gasteiger partial charge in [0.05, 0.1) is 10.3 Å². The predicted octanol–water partition coefficient (Wildman–Crippen LogP) is 1.52. The molecule has 0 radical (unpaired) electrons. The zero-order valence-electron chi connectivity index (χ0n) is 12.8. The molecular weight excluding hydrogens is 326 g/mol. The molecule has 1 aliphatic carbocycles. The van der Waals surface area contributed by atoms with Crippen molar-refractivity contribution in [2.24, 2.45) is 5.14 Å². The maximum Gasteiger partial charge on any atom is 0.238 e. The molecule has 0 aliphatic heterocycles. The molecule has 3 aromatic rings. The van der Waals surface area contributed by atoms with Crippen LogP contribution in [0.15, 0.2) is 52.3 Å². The average Bonchev–Trinajstić information content (AvgIpc) is 3.04. The van der Waals surface area contributed by atoms with Gasteiger partial charge in [-0.15, -0.1) is 0 Å². The molecule has 6 nitrogen and oxygen atoms in total. The number of sulfonamides is 1. The molecule has 0 atom stereocenters. The number of rotatable bonds is 2. The molecular formula is C17H15N3O3S. The molecule has 122 valence electrons. The van der Waals surface area contributed by atoms with Crippen LogP contribution in [0, 0.1) is 0 Å². The number of aromatic nitrogens is 2. The minimum Gasteiger partial charge on any atom is -0.298 e. The SMILES string of the molecule is NS(=O)(=O)c1cccc(-n2c3c(c(=O)c4cccnc42)CCC3)c1. The van der Waals surface area contributed by atoms with Crippen LogP contribution in [0.25, 0.3) is 16.7 Å². The highest BCUT2D eigenvalue weighted by molar-refractivity contribution is 7.89. The van der Waals surface area contributed by atoms with E-state index in [0.717, 1.165) is 30.5 Å². The molecule has 0 saturated heterocycles. The number of fused-ring (bicyclic) bond motifs is 2. The Labute approximate surface area is 138 Å². The van der Waals surface area contributed by atoms with E-state index in [0.29, 0.717) is 16.7 Å². The second-order valence-electron chi connectivity index (χ2n) is 5.86. The highest BCUT2D eigenvalue weighted by Crippen LogP contribution is 2.27. The minimum absolute atomic E-state index is 0.0180. The highest BCUT2D eigenvalue weighted by Gasteiger charge is 2.23. The summed E-state index contributed by atoms with van der Waals surface area (Å²) < 4.78 is 25.2. The van der Waals surface area contributed by atoms with Crippen molar-refractivity contribution in [3.05, 3.63) is 64.1 Å². The van der Waals surface area contributed by atoms with Crippen molar-refractivity contribution in [3.63, 3.8) is 0 Å². The van der Waals surface area contributed by atoms with E-state index in [-0.39, 0.29) is 10.3 Å². The van der Waals surface area contributed by atoms with Crippen LogP contribution in [0.1, 0.15) is 17.7 Å². The van der Waals surface area contributed by atoms with Crippen LogP contribution in [0.5, 0.6) is 0 Å². The number of nitrogens with two attached hydrogens (primary N) is 1. The molecule has 0 fully saturated rings. The maximum absolute atomic E-state index is 12.7. The Morgan fingerprint density at radius 3 is 2.75 bits per heavy atom. The molecule has 7 heteroatoms. The van der Waals surface area contributed by atoms with Gasteiger partial charge >= 0.3 is 0 Å². The van der Waals surface area contributed by atoms with Crippen molar-refractivity contribution in [2.45, 2.75) is 24.2 Å². The number of hydrogen-bond donors (Lipinski definition) is 1. The summed E-state index contributed by atoms with van der Waals surface area (Å²) in [6, 6.07) is 9.90. The van der Waals surface area contributed by atoms with E-state index in [4.69, 9.17) is 5.14 Å². The van der Waals surface area contributed by atoms with Gasteiger partial charge in [-0.25, -0.2) is 18.5 Å². The highest BCUT2D eigenvalue weighted by atomic mass is 32.2. The van der Waals surface area contributed by atoms with Crippen LogP contribution < -0.4 is 10.6 Å². The van der Waals surface area contributed by atoms with E-state index in [1.165, 1.54) is 12.1 Å². The van der Waals surface area contributed by atoms with E-state index in [1.54, 1.807) is 30.5 Å². The number of benzene rings is 1. The van der Waals surface area contributed by atoms with Crippen LogP contribution in [-0.2, 0) is 22.9 Å². The minimum atomic E-state index is -3.80. The molecule has 0 spiro atoms. The lowest BCUT2D eigenvalue weighted by Gasteiger charge is -2.16. The molecule has 0 unspecified atom stereocenters. The van der Waals surface area contributed by atoms with Gasteiger partial charge in [0, 0.05) is 23.1 Å². The first-order valence-corrected chi connectivity index (χ1v) is 9.16. The first-order chi connectivity index (χ1) is 11.5. The predicted molar refractivity (Wildman–Crippen MR) is 90.7 cm³/mol. The van der Waals surface area contributed by atoms with Gasteiger partial charge in [0.2, 0.25) is 10.0 Å². The standard InChI is InChI=1S/C17H15N3O3S/c18-24(22,23)12-5-1-4-11(10-12)20-15-8-2-6-13(15)16(21)14-7-3-9-19-17(14)20/h1,3-5,7,9-10H,2,6,8H2,(H2,18,22,23). The van der Waals surface area contributed by atoms with Gasteiger partial charge in [-0.1, -0.05) is 6.07 Å². The Morgan fingerprint density at radius 1 is 1.12 bits per heavy atom. The van der Waals surface area contributed by atoms with Gasteiger partial charge in [-0.2, -0.15) is 0 Å². The van der Waals surface area contributed by atoms with Crippen LogP contribution in [0.4, 0.5) is 0 Å². The summed E-state index contributed by atoms with van der Waals surface area (Å²) in [7, 11) is -3.80. The van der Waals surface area contributed by atoms with E-state index >= 15 is 0 Å². The van der Waals surface area contributed by atoms with Gasteiger partial charge in [-0.05, 0) is 49.6 Å². The molecule has 24 heavy (non-hydrogen) atoms. The number of nitrogens with zero attached hydrogens (tertiary/aromatic N) is 2. The maximum atomic E-state index is 12.7. The van der Waals surface area contributed by atoms with Gasteiger partial charge < -0.3 is 0 Å². The van der Waals surface area contributed by atoms with Crippen molar-refractivity contribution in [1.29, 1.82) is 0 Å². The third-order valence-electron chi connectivity index (χ3n) is 4.38. The largest absolute Gasteiger partial charge is 0.298 e. The Hall–Kier alpha value is -2.51. The van der Waals surface area contributed by atoms with Crippen LogP contribution in [0.3, 0.4) is 0 Å². The molecule has 4 rings (SSSR count). The number of hydrogen-bond acceptors (Lipinski definition) is 4. The zero-order valence-corrected chi connectivity index (χ0v) is 13.6. The van der Waals surface area contributed by atoms with Crippen molar-refractivity contribution in [1.82, 2.24) is 9.55 Å². The monoisotopic (exact) mass is 341 g/mol. The summed E-state index contributed by atoms with van der Waals surface area (Å²) in [4.78, 5) is 17.1. The second-order valence-corrected chi connectivity index (χ2v) is 7.42. The fourth-order valence-electron chi connectivity index (χ4n) is 3.34. The summed E-state index contributed by atoms with van der Waals surface area (Å²) in [5, 5.41) is 5.79. The fourth-order valence-corrected chi connectivity index (χ4v) is 3.89.